The Morgan fingerprint density at radius 2 is 2.14 bits per heavy atom. The second kappa shape index (κ2) is 6.87. The van der Waals surface area contributed by atoms with Crippen molar-refractivity contribution in [1.82, 2.24) is 5.32 Å². The van der Waals surface area contributed by atoms with Gasteiger partial charge in [-0.25, -0.2) is 0 Å². The van der Waals surface area contributed by atoms with Crippen molar-refractivity contribution in [2.45, 2.75) is 31.7 Å². The van der Waals surface area contributed by atoms with E-state index < -0.39 is 4.92 Å². The minimum atomic E-state index is -0.545. The first-order valence-corrected chi connectivity index (χ1v) is 7.35. The maximum atomic E-state index is 12.3. The Hall–Kier alpha value is -1.66. The van der Waals surface area contributed by atoms with E-state index in [0.717, 1.165) is 25.7 Å². The summed E-state index contributed by atoms with van der Waals surface area (Å²) in [6.07, 6.45) is 4.03. The van der Waals surface area contributed by atoms with Gasteiger partial charge in [0, 0.05) is 18.2 Å². The summed E-state index contributed by atoms with van der Waals surface area (Å²) in [6.45, 7) is 0.521. The summed E-state index contributed by atoms with van der Waals surface area (Å²) >= 11 is 5.98. The summed E-state index contributed by atoms with van der Waals surface area (Å²) < 4.78 is 0. The lowest BCUT2D eigenvalue weighted by Crippen LogP contribution is -2.44. The molecule has 0 heterocycles. The van der Waals surface area contributed by atoms with Crippen LogP contribution in [0, 0.1) is 16.0 Å². The number of nitro benzene ring substituents is 1. The first kappa shape index (κ1) is 15.7. The first-order chi connectivity index (χ1) is 10.0. The molecule has 1 aliphatic carbocycles. The van der Waals surface area contributed by atoms with Crippen LogP contribution >= 0.6 is 11.6 Å². The van der Waals surface area contributed by atoms with Gasteiger partial charge in [-0.15, -0.1) is 0 Å². The molecule has 2 unspecified atom stereocenters. The lowest BCUT2D eigenvalue weighted by atomic mass is 9.84. The van der Waals surface area contributed by atoms with Gasteiger partial charge in [-0.1, -0.05) is 24.4 Å². The molecule has 114 valence electrons. The number of nitrogens with one attached hydrogen (secondary N) is 1. The van der Waals surface area contributed by atoms with Crippen molar-refractivity contribution in [2.75, 3.05) is 6.54 Å². The number of hydrogen-bond acceptors (Lipinski definition) is 4. The second-order valence-corrected chi connectivity index (χ2v) is 5.69. The van der Waals surface area contributed by atoms with Crippen LogP contribution in [-0.2, 0) is 0 Å². The number of amides is 1. The molecule has 2 atom stereocenters. The SMILES string of the molecule is NCC1CCCCC1NC(=O)c1cc([N+](=O)[O-])ccc1Cl. The van der Waals surface area contributed by atoms with Gasteiger partial charge in [0.15, 0.2) is 0 Å². The Morgan fingerprint density at radius 1 is 1.43 bits per heavy atom. The average Bonchev–Trinajstić information content (AvgIpc) is 2.47. The van der Waals surface area contributed by atoms with Crippen molar-refractivity contribution < 1.29 is 9.72 Å². The molecular weight excluding hydrogens is 294 g/mol. The fraction of sp³-hybridized carbons (Fsp3) is 0.500. The number of nitro groups is 1. The highest BCUT2D eigenvalue weighted by Crippen LogP contribution is 2.26. The predicted octanol–water partition coefficient (Wildman–Crippen LogP) is 2.50. The third-order valence-electron chi connectivity index (χ3n) is 3.93. The van der Waals surface area contributed by atoms with Crippen LogP contribution in [0.1, 0.15) is 36.0 Å². The fourth-order valence-corrected chi connectivity index (χ4v) is 2.93. The van der Waals surface area contributed by atoms with E-state index in [1.807, 2.05) is 0 Å². The number of rotatable bonds is 4. The Morgan fingerprint density at radius 3 is 2.81 bits per heavy atom. The van der Waals surface area contributed by atoms with Crippen LogP contribution in [0.4, 0.5) is 5.69 Å². The number of nitrogens with zero attached hydrogens (tertiary/aromatic N) is 1. The molecule has 1 saturated carbocycles. The number of non-ortho nitro benzene ring substituents is 1. The summed E-state index contributed by atoms with van der Waals surface area (Å²) in [5, 5.41) is 13.9. The zero-order valence-electron chi connectivity index (χ0n) is 11.5. The van der Waals surface area contributed by atoms with Crippen LogP contribution in [0.2, 0.25) is 5.02 Å². The van der Waals surface area contributed by atoms with E-state index in [2.05, 4.69) is 5.32 Å². The van der Waals surface area contributed by atoms with Gasteiger partial charge in [-0.05, 0) is 31.4 Å². The van der Waals surface area contributed by atoms with Crippen molar-refractivity contribution in [2.24, 2.45) is 11.7 Å². The molecule has 0 aromatic heterocycles. The molecule has 1 fully saturated rings. The van der Waals surface area contributed by atoms with E-state index in [1.54, 1.807) is 0 Å². The van der Waals surface area contributed by atoms with E-state index in [4.69, 9.17) is 17.3 Å². The molecular formula is C14H18ClN3O3. The zero-order valence-corrected chi connectivity index (χ0v) is 12.3. The summed E-state index contributed by atoms with van der Waals surface area (Å²) in [5.41, 5.74) is 5.72. The zero-order chi connectivity index (χ0) is 15.4. The molecule has 0 aliphatic heterocycles. The number of hydrogen-bond donors (Lipinski definition) is 2. The van der Waals surface area contributed by atoms with Crippen molar-refractivity contribution in [3.05, 3.63) is 38.9 Å². The summed E-state index contributed by atoms with van der Waals surface area (Å²) in [5.74, 6) is -0.130. The fourth-order valence-electron chi connectivity index (χ4n) is 2.73. The van der Waals surface area contributed by atoms with Crippen LogP contribution < -0.4 is 11.1 Å². The third-order valence-corrected chi connectivity index (χ3v) is 4.26. The summed E-state index contributed by atoms with van der Waals surface area (Å²) in [7, 11) is 0. The minimum absolute atomic E-state index is 0.00609. The molecule has 0 spiro atoms. The standard InChI is InChI=1S/C14H18ClN3O3/c15-12-6-5-10(18(20)21)7-11(12)14(19)17-13-4-2-1-3-9(13)8-16/h5-7,9,13H,1-4,8,16H2,(H,17,19). The van der Waals surface area contributed by atoms with Gasteiger partial charge in [0.05, 0.1) is 15.5 Å². The van der Waals surface area contributed by atoms with Gasteiger partial charge in [0.25, 0.3) is 11.6 Å². The first-order valence-electron chi connectivity index (χ1n) is 6.97. The van der Waals surface area contributed by atoms with Gasteiger partial charge >= 0.3 is 0 Å². The molecule has 1 amide bonds. The molecule has 0 saturated heterocycles. The average molecular weight is 312 g/mol. The largest absolute Gasteiger partial charge is 0.349 e. The van der Waals surface area contributed by atoms with Crippen molar-refractivity contribution in [1.29, 1.82) is 0 Å². The van der Waals surface area contributed by atoms with Crippen molar-refractivity contribution in [3.8, 4) is 0 Å². The van der Waals surface area contributed by atoms with Crippen molar-refractivity contribution in [3.63, 3.8) is 0 Å². The van der Waals surface area contributed by atoms with Gasteiger partial charge in [0.2, 0.25) is 0 Å². The van der Waals surface area contributed by atoms with Crippen LogP contribution in [0.5, 0.6) is 0 Å². The molecule has 6 nitrogen and oxygen atoms in total. The van der Waals surface area contributed by atoms with E-state index in [1.165, 1.54) is 18.2 Å². The Bertz CT molecular complexity index is 550. The maximum absolute atomic E-state index is 12.3. The van der Waals surface area contributed by atoms with Crippen molar-refractivity contribution >= 4 is 23.2 Å². The number of carbonyl (C=O) groups excluding carboxylic acids is 1. The molecule has 3 N–H and O–H groups in total. The van der Waals surface area contributed by atoms with E-state index in [0.29, 0.717) is 6.54 Å². The van der Waals surface area contributed by atoms with Gasteiger partial charge < -0.3 is 11.1 Å². The number of benzene rings is 1. The summed E-state index contributed by atoms with van der Waals surface area (Å²) in [4.78, 5) is 22.6. The van der Waals surface area contributed by atoms with Gasteiger partial charge in [0.1, 0.15) is 0 Å². The van der Waals surface area contributed by atoms with Crippen LogP contribution in [0.3, 0.4) is 0 Å². The number of nitrogens with two attached hydrogens (primary N) is 1. The van der Waals surface area contributed by atoms with Crippen LogP contribution in [0.25, 0.3) is 0 Å². The van der Waals surface area contributed by atoms with E-state index in [-0.39, 0.29) is 34.1 Å². The third kappa shape index (κ3) is 3.71. The van der Waals surface area contributed by atoms with Gasteiger partial charge in [-0.3, -0.25) is 14.9 Å². The second-order valence-electron chi connectivity index (χ2n) is 5.28. The number of halogens is 1. The van der Waals surface area contributed by atoms with E-state index >= 15 is 0 Å². The van der Waals surface area contributed by atoms with Crippen LogP contribution in [-0.4, -0.2) is 23.4 Å². The lowest BCUT2D eigenvalue weighted by Gasteiger charge is -2.31. The molecule has 2 rings (SSSR count). The van der Waals surface area contributed by atoms with Gasteiger partial charge in [-0.2, -0.15) is 0 Å². The number of carbonyl (C=O) groups is 1. The van der Waals surface area contributed by atoms with Crippen LogP contribution in [0.15, 0.2) is 18.2 Å². The topological polar surface area (TPSA) is 98.3 Å². The monoisotopic (exact) mass is 311 g/mol. The highest BCUT2D eigenvalue weighted by atomic mass is 35.5. The van der Waals surface area contributed by atoms with E-state index in [9.17, 15) is 14.9 Å². The summed E-state index contributed by atoms with van der Waals surface area (Å²) in [6, 6.07) is 3.86. The quantitative estimate of drug-likeness (QED) is 0.659. The molecule has 0 radical (unpaired) electrons. The highest BCUT2D eigenvalue weighted by molar-refractivity contribution is 6.33. The molecule has 1 aromatic carbocycles. The molecule has 0 bridgehead atoms. The molecule has 21 heavy (non-hydrogen) atoms. The smallest absolute Gasteiger partial charge is 0.270 e. The molecule has 1 aliphatic rings. The molecule has 1 aromatic rings. The maximum Gasteiger partial charge on any atom is 0.270 e. The highest BCUT2D eigenvalue weighted by Gasteiger charge is 2.26. The predicted molar refractivity (Wildman–Crippen MR) is 80.4 cm³/mol. The Labute approximate surface area is 127 Å². The normalized spacial score (nSPS) is 21.8. The lowest BCUT2D eigenvalue weighted by molar-refractivity contribution is -0.384. The minimum Gasteiger partial charge on any atom is -0.349 e. The Balaban J connectivity index is 2.16. The molecule has 7 heteroatoms. The Kier molecular flexibility index (Phi) is 5.14.